The predicted octanol–water partition coefficient (Wildman–Crippen LogP) is 1.68. The number of fused-ring (bicyclic) bond motifs is 2. The van der Waals surface area contributed by atoms with Gasteiger partial charge in [-0.3, -0.25) is 14.3 Å². The van der Waals surface area contributed by atoms with E-state index in [2.05, 4.69) is 15.0 Å². The van der Waals surface area contributed by atoms with E-state index >= 15 is 0 Å². The number of hydrogen-bond acceptors (Lipinski definition) is 8. The van der Waals surface area contributed by atoms with Crippen LogP contribution in [0.2, 0.25) is 5.82 Å². The molecule has 3 aliphatic rings. The molecule has 176 valence electrons. The first-order valence-electron chi connectivity index (χ1n) is 11.5. The van der Waals surface area contributed by atoms with Gasteiger partial charge in [0, 0.05) is 13.0 Å². The Balaban J connectivity index is 1.29. The summed E-state index contributed by atoms with van der Waals surface area (Å²) in [6.07, 6.45) is 1.97. The van der Waals surface area contributed by atoms with Crippen molar-refractivity contribution in [3.05, 3.63) is 52.6 Å². The molecule has 11 heteroatoms. The maximum atomic E-state index is 12.3. The highest BCUT2D eigenvalue weighted by atomic mass is 16.7. The van der Waals surface area contributed by atoms with Gasteiger partial charge in [-0.25, -0.2) is 4.98 Å². The summed E-state index contributed by atoms with van der Waals surface area (Å²) in [6, 6.07) is 9.97. The first kappa shape index (κ1) is 21.8. The second-order valence-electron chi connectivity index (χ2n) is 9.43. The predicted molar refractivity (Wildman–Crippen MR) is 123 cm³/mol. The molecular formula is C23H26BN5O5. The summed E-state index contributed by atoms with van der Waals surface area (Å²) in [5.41, 5.74) is 7.00. The fourth-order valence-electron chi connectivity index (χ4n) is 5.42. The first-order chi connectivity index (χ1) is 16.4. The average molecular weight is 463 g/mol. The zero-order valence-electron chi connectivity index (χ0n) is 18.8. The highest BCUT2D eigenvalue weighted by Crippen LogP contribution is 2.55. The summed E-state index contributed by atoms with van der Waals surface area (Å²) in [6.45, 7) is 2.92. The molecule has 7 atom stereocenters. The number of nitrogens with two attached hydrogens (primary N) is 1. The molecule has 6 rings (SSSR count). The van der Waals surface area contributed by atoms with Crippen molar-refractivity contribution in [3.63, 3.8) is 0 Å². The smallest absolute Gasteiger partial charge is 0.280 e. The Morgan fingerprint density at radius 2 is 2.18 bits per heavy atom. The van der Waals surface area contributed by atoms with Gasteiger partial charge >= 0.3 is 0 Å². The third-order valence-electron chi connectivity index (χ3n) is 7.03. The van der Waals surface area contributed by atoms with Crippen molar-refractivity contribution in [3.8, 4) is 0 Å². The summed E-state index contributed by atoms with van der Waals surface area (Å²) < 4.78 is 26.7. The van der Waals surface area contributed by atoms with Crippen LogP contribution in [0, 0.1) is 5.92 Å². The molecule has 34 heavy (non-hydrogen) atoms. The Bertz CT molecular complexity index is 1250. The molecule has 0 amide bonds. The molecule has 5 heterocycles. The maximum absolute atomic E-state index is 12.3. The lowest BCUT2D eigenvalue weighted by Crippen LogP contribution is -2.62. The lowest BCUT2D eigenvalue weighted by molar-refractivity contribution is -0.377. The monoisotopic (exact) mass is 463 g/mol. The van der Waals surface area contributed by atoms with Gasteiger partial charge in [-0.15, -0.1) is 0 Å². The zero-order valence-corrected chi connectivity index (χ0v) is 18.8. The van der Waals surface area contributed by atoms with E-state index in [9.17, 15) is 4.79 Å². The Hall–Kier alpha value is -2.73. The van der Waals surface area contributed by atoms with Crippen molar-refractivity contribution in [2.24, 2.45) is 5.92 Å². The lowest BCUT2D eigenvalue weighted by atomic mass is 9.79. The van der Waals surface area contributed by atoms with Gasteiger partial charge < -0.3 is 24.7 Å². The van der Waals surface area contributed by atoms with Gasteiger partial charge in [0.1, 0.15) is 6.10 Å². The van der Waals surface area contributed by atoms with E-state index in [1.165, 1.54) is 0 Å². The molecule has 3 saturated heterocycles. The van der Waals surface area contributed by atoms with Crippen LogP contribution in [-0.4, -0.2) is 58.1 Å². The number of ether oxygens (including phenoxy) is 4. The Morgan fingerprint density at radius 3 is 2.94 bits per heavy atom. The maximum Gasteiger partial charge on any atom is 0.280 e. The highest BCUT2D eigenvalue weighted by molar-refractivity contribution is 6.11. The van der Waals surface area contributed by atoms with Crippen LogP contribution in [0.15, 0.2) is 41.5 Å². The normalized spacial score (nSPS) is 34.9. The molecule has 7 unspecified atom stereocenters. The van der Waals surface area contributed by atoms with Gasteiger partial charge in [0.05, 0.1) is 38.9 Å². The van der Waals surface area contributed by atoms with Crippen molar-refractivity contribution in [2.75, 3.05) is 12.3 Å². The van der Waals surface area contributed by atoms with Gasteiger partial charge in [0.15, 0.2) is 23.2 Å². The molecule has 3 aliphatic heterocycles. The molecule has 3 N–H and O–H groups in total. The molecular weight excluding hydrogens is 437 g/mol. The molecule has 3 aromatic rings. The number of imidazole rings is 1. The number of benzene rings is 1. The van der Waals surface area contributed by atoms with Crippen molar-refractivity contribution < 1.29 is 18.9 Å². The summed E-state index contributed by atoms with van der Waals surface area (Å²) in [7, 11) is 6.06. The summed E-state index contributed by atoms with van der Waals surface area (Å²) in [5.74, 6) is -0.837. The molecule has 3 fully saturated rings. The highest BCUT2D eigenvalue weighted by Gasteiger charge is 2.65. The molecule has 1 aromatic carbocycles. The Labute approximate surface area is 197 Å². The topological polar surface area (TPSA) is 127 Å². The van der Waals surface area contributed by atoms with Crippen LogP contribution in [-0.2, 0) is 25.6 Å². The van der Waals surface area contributed by atoms with Gasteiger partial charge in [-0.05, 0) is 18.9 Å². The second-order valence-corrected chi connectivity index (χ2v) is 9.43. The summed E-state index contributed by atoms with van der Waals surface area (Å²) in [4.78, 5) is 23.3. The minimum atomic E-state index is -0.832. The Morgan fingerprint density at radius 1 is 1.35 bits per heavy atom. The summed E-state index contributed by atoms with van der Waals surface area (Å²) in [5, 5.41) is 0. The second kappa shape index (κ2) is 8.19. The Kier molecular flexibility index (Phi) is 5.25. The van der Waals surface area contributed by atoms with E-state index in [1.807, 2.05) is 37.3 Å². The van der Waals surface area contributed by atoms with Crippen LogP contribution in [0.1, 0.15) is 31.6 Å². The van der Waals surface area contributed by atoms with E-state index in [4.69, 9.17) is 32.5 Å². The van der Waals surface area contributed by atoms with E-state index in [0.717, 1.165) is 12.0 Å². The molecule has 10 nitrogen and oxygen atoms in total. The van der Waals surface area contributed by atoms with Crippen molar-refractivity contribution in [1.82, 2.24) is 19.5 Å². The molecule has 0 spiro atoms. The van der Waals surface area contributed by atoms with E-state index in [0.29, 0.717) is 25.3 Å². The van der Waals surface area contributed by atoms with E-state index in [1.54, 1.807) is 10.9 Å². The number of H-pyrrole nitrogens is 1. The van der Waals surface area contributed by atoms with Crippen LogP contribution in [0.5, 0.6) is 0 Å². The first-order valence-corrected chi connectivity index (χ1v) is 11.5. The number of aromatic nitrogens is 4. The lowest BCUT2D eigenvalue weighted by Gasteiger charge is -2.51. The van der Waals surface area contributed by atoms with Crippen molar-refractivity contribution in [1.29, 1.82) is 0 Å². The number of nitrogen functional groups attached to an aromatic ring is 1. The van der Waals surface area contributed by atoms with Crippen molar-refractivity contribution in [2.45, 2.75) is 62.5 Å². The number of anilines is 1. The van der Waals surface area contributed by atoms with Crippen LogP contribution in [0.4, 0.5) is 5.95 Å². The SMILES string of the molecule is [B]C1COC(CC2OC(n3cnc4c(=O)[nH]c(N)nc43)C3OC(C)(OCc4ccccc4)C23)C1. The number of nitrogens with zero attached hydrogens (tertiary/aromatic N) is 3. The van der Waals surface area contributed by atoms with Crippen molar-refractivity contribution >= 4 is 25.0 Å². The summed E-state index contributed by atoms with van der Waals surface area (Å²) >= 11 is 0. The number of aromatic amines is 1. The third-order valence-corrected chi connectivity index (χ3v) is 7.03. The van der Waals surface area contributed by atoms with Crippen LogP contribution in [0.3, 0.4) is 0 Å². The zero-order chi connectivity index (χ0) is 23.4. The average Bonchev–Trinajstić information content (AvgIpc) is 3.48. The van der Waals surface area contributed by atoms with Crippen LogP contribution >= 0.6 is 0 Å². The van der Waals surface area contributed by atoms with Gasteiger partial charge in [0.2, 0.25) is 5.95 Å². The van der Waals surface area contributed by atoms with E-state index < -0.39 is 17.6 Å². The van der Waals surface area contributed by atoms with Crippen LogP contribution in [0.25, 0.3) is 11.2 Å². The fourth-order valence-corrected chi connectivity index (χ4v) is 5.42. The molecule has 0 saturated carbocycles. The van der Waals surface area contributed by atoms with E-state index in [-0.39, 0.29) is 41.5 Å². The molecule has 0 aliphatic carbocycles. The minimum Gasteiger partial charge on any atom is -0.379 e. The number of hydrogen-bond donors (Lipinski definition) is 2. The minimum absolute atomic E-state index is 0.00881. The quantitative estimate of drug-likeness (QED) is 0.529. The van der Waals surface area contributed by atoms with Gasteiger partial charge in [-0.1, -0.05) is 36.1 Å². The standard InChI is InChI=1S/C23H26BN5O5/c1-23(32-9-12-5-3-2-4-6-12)16-15(8-14-7-13(24)10-31-14)33-21(18(16)34-23)29-11-26-17-19(29)27-22(25)28-20(17)30/h2-6,11,13-16,18,21H,7-10H2,1H3,(H3,25,27,28,30). The fraction of sp³-hybridized carbons (Fsp3) is 0.522. The number of rotatable bonds is 6. The van der Waals surface area contributed by atoms with Crippen LogP contribution < -0.4 is 11.3 Å². The van der Waals surface area contributed by atoms with Gasteiger partial charge in [-0.2, -0.15) is 4.98 Å². The third kappa shape index (κ3) is 3.63. The number of nitrogens with one attached hydrogen (secondary N) is 1. The molecule has 2 radical (unpaired) electrons. The largest absolute Gasteiger partial charge is 0.379 e. The molecule has 0 bridgehead atoms. The molecule has 2 aromatic heterocycles. The van der Waals surface area contributed by atoms with Gasteiger partial charge in [0.25, 0.3) is 5.56 Å².